The monoisotopic (exact) mass is 298 g/mol. The Morgan fingerprint density at radius 2 is 1.30 bits per heavy atom. The molecule has 4 aromatic rings. The van der Waals surface area contributed by atoms with Gasteiger partial charge in [-0.1, -0.05) is 60.7 Å². The lowest BCUT2D eigenvalue weighted by Gasteiger charge is -2.21. The lowest BCUT2D eigenvalue weighted by Crippen LogP contribution is -2.11. The molecule has 0 saturated carbocycles. The van der Waals surface area contributed by atoms with Gasteiger partial charge in [-0.3, -0.25) is 0 Å². The van der Waals surface area contributed by atoms with E-state index in [1.165, 1.54) is 22.0 Å². The van der Waals surface area contributed by atoms with Crippen molar-refractivity contribution in [3.63, 3.8) is 0 Å². The van der Waals surface area contributed by atoms with Gasteiger partial charge in [0.1, 0.15) is 0 Å². The van der Waals surface area contributed by atoms with E-state index in [-0.39, 0.29) is 6.04 Å². The van der Waals surface area contributed by atoms with Gasteiger partial charge in [0, 0.05) is 22.8 Å². The molecule has 0 aliphatic carbocycles. The Morgan fingerprint density at radius 1 is 0.696 bits per heavy atom. The quantitative estimate of drug-likeness (QED) is 0.538. The van der Waals surface area contributed by atoms with Crippen molar-refractivity contribution >= 4 is 16.6 Å². The highest BCUT2D eigenvalue weighted by Crippen LogP contribution is 2.31. The smallest absolute Gasteiger partial charge is 0.0839 e. The fraction of sp³-hybridized carbons (Fsp3) is 0.0476. The number of nitrogens with zero attached hydrogens (tertiary/aromatic N) is 1. The SMILES string of the molecule is Nc1ccc2c(ccn2C(c2ccccc2)c2ccccc2)c1. The minimum absolute atomic E-state index is 0.151. The van der Waals surface area contributed by atoms with Crippen molar-refractivity contribution in [2.75, 3.05) is 5.73 Å². The number of nitrogens with two attached hydrogens (primary N) is 1. The van der Waals surface area contributed by atoms with Gasteiger partial charge >= 0.3 is 0 Å². The highest BCUT2D eigenvalue weighted by Gasteiger charge is 2.17. The largest absolute Gasteiger partial charge is 0.399 e. The van der Waals surface area contributed by atoms with Crippen LogP contribution in [-0.2, 0) is 0 Å². The summed E-state index contributed by atoms with van der Waals surface area (Å²) in [5.74, 6) is 0. The minimum Gasteiger partial charge on any atom is -0.399 e. The van der Waals surface area contributed by atoms with Crippen molar-refractivity contribution in [3.05, 3.63) is 102 Å². The van der Waals surface area contributed by atoms with Crippen LogP contribution in [0.15, 0.2) is 91.1 Å². The van der Waals surface area contributed by atoms with Crippen molar-refractivity contribution in [2.24, 2.45) is 0 Å². The van der Waals surface area contributed by atoms with Gasteiger partial charge < -0.3 is 10.3 Å². The van der Waals surface area contributed by atoms with Crippen molar-refractivity contribution in [2.45, 2.75) is 6.04 Å². The lowest BCUT2D eigenvalue weighted by atomic mass is 9.98. The Bertz CT molecular complexity index is 884. The van der Waals surface area contributed by atoms with Crippen molar-refractivity contribution in [3.8, 4) is 0 Å². The summed E-state index contributed by atoms with van der Waals surface area (Å²) in [4.78, 5) is 0. The van der Waals surface area contributed by atoms with Gasteiger partial charge in [-0.05, 0) is 35.4 Å². The standard InChI is InChI=1S/C21H18N2/c22-19-11-12-20-18(15-19)13-14-23(20)21(16-7-3-1-4-8-16)17-9-5-2-6-10-17/h1-15,21H,22H2. The maximum Gasteiger partial charge on any atom is 0.0839 e. The van der Waals surface area contributed by atoms with Crippen LogP contribution in [0, 0.1) is 0 Å². The average Bonchev–Trinajstić information content (AvgIpc) is 3.00. The predicted octanol–water partition coefficient (Wildman–Crippen LogP) is 4.86. The highest BCUT2D eigenvalue weighted by atomic mass is 15.0. The second-order valence-electron chi connectivity index (χ2n) is 5.77. The molecule has 0 amide bonds. The van der Waals surface area contributed by atoms with Crippen molar-refractivity contribution in [1.82, 2.24) is 4.57 Å². The summed E-state index contributed by atoms with van der Waals surface area (Å²) in [6.07, 6.45) is 2.15. The van der Waals surface area contributed by atoms with E-state index in [1.54, 1.807) is 0 Å². The third-order valence-electron chi connectivity index (χ3n) is 4.25. The van der Waals surface area contributed by atoms with E-state index in [0.29, 0.717) is 0 Å². The van der Waals surface area contributed by atoms with Crippen molar-refractivity contribution < 1.29 is 0 Å². The van der Waals surface area contributed by atoms with Crippen LogP contribution in [0.5, 0.6) is 0 Å². The van der Waals surface area contributed by atoms with Crippen molar-refractivity contribution in [1.29, 1.82) is 0 Å². The van der Waals surface area contributed by atoms with E-state index in [1.807, 2.05) is 12.1 Å². The third kappa shape index (κ3) is 2.49. The second kappa shape index (κ2) is 5.65. The van der Waals surface area contributed by atoms with E-state index >= 15 is 0 Å². The summed E-state index contributed by atoms with van der Waals surface area (Å²) in [5.41, 5.74) is 10.5. The van der Waals surface area contributed by atoms with Gasteiger partial charge in [-0.2, -0.15) is 0 Å². The molecule has 2 N–H and O–H groups in total. The zero-order valence-electron chi connectivity index (χ0n) is 12.8. The molecule has 0 bridgehead atoms. The van der Waals surface area contributed by atoms with E-state index < -0.39 is 0 Å². The molecule has 0 atom stereocenters. The van der Waals surface area contributed by atoms with Crippen LogP contribution >= 0.6 is 0 Å². The average molecular weight is 298 g/mol. The number of hydrogen-bond donors (Lipinski definition) is 1. The summed E-state index contributed by atoms with van der Waals surface area (Å²) in [6, 6.07) is 29.6. The number of fused-ring (bicyclic) bond motifs is 1. The molecule has 112 valence electrons. The Labute approximate surface area is 135 Å². The van der Waals surface area contributed by atoms with Gasteiger partial charge in [0.25, 0.3) is 0 Å². The van der Waals surface area contributed by atoms with E-state index in [4.69, 9.17) is 5.73 Å². The first-order valence-electron chi connectivity index (χ1n) is 7.79. The van der Waals surface area contributed by atoms with Crippen LogP contribution < -0.4 is 5.73 Å². The lowest BCUT2D eigenvalue weighted by molar-refractivity contribution is 0.705. The summed E-state index contributed by atoms with van der Waals surface area (Å²) >= 11 is 0. The summed E-state index contributed by atoms with van der Waals surface area (Å²) in [5, 5.41) is 1.17. The molecule has 2 heteroatoms. The summed E-state index contributed by atoms with van der Waals surface area (Å²) in [6.45, 7) is 0. The highest BCUT2D eigenvalue weighted by molar-refractivity contribution is 5.83. The second-order valence-corrected chi connectivity index (χ2v) is 5.77. The topological polar surface area (TPSA) is 30.9 Å². The predicted molar refractivity (Wildman–Crippen MR) is 96.5 cm³/mol. The van der Waals surface area contributed by atoms with Crippen LogP contribution in [0.25, 0.3) is 10.9 Å². The fourth-order valence-electron chi connectivity index (χ4n) is 3.19. The first-order valence-corrected chi connectivity index (χ1v) is 7.79. The number of nitrogen functional groups attached to an aromatic ring is 1. The zero-order chi connectivity index (χ0) is 15.6. The van der Waals surface area contributed by atoms with Gasteiger partial charge in [0.05, 0.1) is 6.04 Å². The molecule has 0 radical (unpaired) electrons. The Balaban J connectivity index is 1.94. The molecule has 1 aromatic heterocycles. The normalized spacial score (nSPS) is 11.2. The maximum atomic E-state index is 5.92. The third-order valence-corrected chi connectivity index (χ3v) is 4.25. The Kier molecular flexibility index (Phi) is 3.35. The van der Waals surface area contributed by atoms with E-state index in [9.17, 15) is 0 Å². The molecule has 4 rings (SSSR count). The molecular formula is C21H18N2. The van der Waals surface area contributed by atoms with E-state index in [0.717, 1.165) is 5.69 Å². The van der Waals surface area contributed by atoms with Crippen LogP contribution in [-0.4, -0.2) is 4.57 Å². The first-order chi connectivity index (χ1) is 11.3. The molecule has 1 heterocycles. The number of benzene rings is 3. The fourth-order valence-corrected chi connectivity index (χ4v) is 3.19. The summed E-state index contributed by atoms with van der Waals surface area (Å²) < 4.78 is 2.32. The number of anilines is 1. The molecule has 0 aliphatic rings. The molecule has 0 aliphatic heterocycles. The van der Waals surface area contributed by atoms with Crippen LogP contribution in [0.2, 0.25) is 0 Å². The molecule has 0 spiro atoms. The van der Waals surface area contributed by atoms with Crippen LogP contribution in [0.4, 0.5) is 5.69 Å². The molecule has 2 nitrogen and oxygen atoms in total. The molecule has 23 heavy (non-hydrogen) atoms. The van der Waals surface area contributed by atoms with Crippen LogP contribution in [0.3, 0.4) is 0 Å². The van der Waals surface area contributed by atoms with Gasteiger partial charge in [0.2, 0.25) is 0 Å². The van der Waals surface area contributed by atoms with Gasteiger partial charge in [-0.25, -0.2) is 0 Å². The molecule has 0 saturated heterocycles. The molecule has 0 fully saturated rings. The number of rotatable bonds is 3. The van der Waals surface area contributed by atoms with E-state index in [2.05, 4.69) is 83.6 Å². The molecular weight excluding hydrogens is 280 g/mol. The maximum absolute atomic E-state index is 5.92. The number of aromatic nitrogens is 1. The zero-order valence-corrected chi connectivity index (χ0v) is 12.8. The van der Waals surface area contributed by atoms with Gasteiger partial charge in [-0.15, -0.1) is 0 Å². The Morgan fingerprint density at radius 3 is 1.91 bits per heavy atom. The van der Waals surface area contributed by atoms with Crippen LogP contribution in [0.1, 0.15) is 17.2 Å². The Hall–Kier alpha value is -3.00. The first kappa shape index (κ1) is 13.6. The summed E-state index contributed by atoms with van der Waals surface area (Å²) in [7, 11) is 0. The number of hydrogen-bond acceptors (Lipinski definition) is 1. The van der Waals surface area contributed by atoms with Gasteiger partial charge in [0.15, 0.2) is 0 Å². The minimum atomic E-state index is 0.151. The molecule has 0 unspecified atom stereocenters. The molecule has 3 aromatic carbocycles.